The number of aliphatic hydroxyl groups excluding tert-OH is 1. The first-order valence-corrected chi connectivity index (χ1v) is 20.1. The van der Waals surface area contributed by atoms with E-state index in [4.69, 9.17) is 23.7 Å². The van der Waals surface area contributed by atoms with Crippen LogP contribution in [0.2, 0.25) is 0 Å². The van der Waals surface area contributed by atoms with Gasteiger partial charge in [0.2, 0.25) is 0 Å². The van der Waals surface area contributed by atoms with Gasteiger partial charge in [-0.15, -0.1) is 0 Å². The number of carbonyl (C=O) groups excluding carboxylic acids is 4. The van der Waals surface area contributed by atoms with Gasteiger partial charge in [-0.2, -0.15) is 0 Å². The largest absolute Gasteiger partial charge is 0.490 e. The molecule has 10 nitrogen and oxygen atoms in total. The minimum Gasteiger partial charge on any atom is -0.490 e. The molecule has 0 bridgehead atoms. The number of hydrogen-bond acceptors (Lipinski definition) is 10. The molecular formula is C45H60O10. The van der Waals surface area contributed by atoms with Gasteiger partial charge in [0.05, 0.1) is 23.8 Å². The molecule has 300 valence electrons. The molecule has 55 heavy (non-hydrogen) atoms. The Bertz CT molecular complexity index is 1520. The summed E-state index contributed by atoms with van der Waals surface area (Å²) < 4.78 is 27.9. The van der Waals surface area contributed by atoms with E-state index in [0.717, 1.165) is 83.3 Å². The highest BCUT2D eigenvalue weighted by Crippen LogP contribution is 2.22. The van der Waals surface area contributed by atoms with E-state index >= 15 is 0 Å². The molecule has 3 rings (SSSR count). The fourth-order valence-electron chi connectivity index (χ4n) is 5.81. The Kier molecular flexibility index (Phi) is 22.1. The Morgan fingerprint density at radius 3 is 1.84 bits per heavy atom. The average molecular weight is 761 g/mol. The highest BCUT2D eigenvalue weighted by molar-refractivity contribution is 5.92. The van der Waals surface area contributed by atoms with E-state index in [1.54, 1.807) is 60.7 Å². The zero-order valence-corrected chi connectivity index (χ0v) is 32.7. The van der Waals surface area contributed by atoms with Crippen molar-refractivity contribution in [3.05, 3.63) is 89.5 Å². The van der Waals surface area contributed by atoms with Crippen molar-refractivity contribution in [2.75, 3.05) is 13.2 Å². The topological polar surface area (TPSA) is 135 Å². The second-order valence-electron chi connectivity index (χ2n) is 13.7. The van der Waals surface area contributed by atoms with E-state index in [0.29, 0.717) is 60.9 Å². The molecule has 0 aliphatic rings. The number of unbranched alkanes of at least 4 members (excludes halogenated alkanes) is 8. The Morgan fingerprint density at radius 1 is 0.636 bits per heavy atom. The lowest BCUT2D eigenvalue weighted by Gasteiger charge is -2.17. The fraction of sp³-hybridized carbons (Fsp3) is 0.511. The van der Waals surface area contributed by atoms with E-state index in [1.165, 1.54) is 18.4 Å². The van der Waals surface area contributed by atoms with E-state index in [-0.39, 0.29) is 12.1 Å². The minimum atomic E-state index is -0.797. The molecule has 3 aromatic rings. The van der Waals surface area contributed by atoms with Gasteiger partial charge in [-0.05, 0) is 143 Å². The number of aryl methyl sites for hydroxylation is 1. The van der Waals surface area contributed by atoms with Gasteiger partial charge < -0.3 is 33.6 Å². The third kappa shape index (κ3) is 19.1. The lowest BCUT2D eigenvalue weighted by Crippen LogP contribution is -2.15. The van der Waals surface area contributed by atoms with Crippen molar-refractivity contribution < 1.29 is 48.0 Å². The van der Waals surface area contributed by atoms with Crippen molar-refractivity contribution in [1.29, 1.82) is 0 Å². The quantitative estimate of drug-likeness (QED) is 0.0240. The van der Waals surface area contributed by atoms with Crippen LogP contribution in [-0.2, 0) is 25.5 Å². The molecule has 0 aliphatic carbocycles. The molecule has 0 amide bonds. The molecule has 1 N–H and O–H groups in total. The van der Waals surface area contributed by atoms with Crippen molar-refractivity contribution >= 4 is 24.2 Å². The van der Waals surface area contributed by atoms with Crippen molar-refractivity contribution in [2.24, 2.45) is 0 Å². The summed E-state index contributed by atoms with van der Waals surface area (Å²) in [5.41, 5.74) is 2.06. The van der Waals surface area contributed by atoms with Crippen LogP contribution in [0.25, 0.3) is 0 Å². The molecule has 0 aliphatic heterocycles. The summed E-state index contributed by atoms with van der Waals surface area (Å²) in [6.07, 6.45) is 14.2. The van der Waals surface area contributed by atoms with Gasteiger partial charge in [-0.25, -0.2) is 9.59 Å². The Balaban J connectivity index is 1.26. The summed E-state index contributed by atoms with van der Waals surface area (Å²) in [7, 11) is 0. The van der Waals surface area contributed by atoms with Gasteiger partial charge in [0.25, 0.3) is 0 Å². The second kappa shape index (κ2) is 27.1. The van der Waals surface area contributed by atoms with Crippen LogP contribution in [0.5, 0.6) is 17.2 Å². The van der Waals surface area contributed by atoms with E-state index in [1.807, 2.05) is 12.1 Å². The number of rotatable bonds is 29. The van der Waals surface area contributed by atoms with Gasteiger partial charge in [0, 0.05) is 19.4 Å². The normalized spacial score (nSPS) is 12.1. The van der Waals surface area contributed by atoms with Crippen LogP contribution >= 0.6 is 0 Å². The number of esters is 3. The maximum atomic E-state index is 12.8. The zero-order valence-electron chi connectivity index (χ0n) is 32.7. The third-order valence-electron chi connectivity index (χ3n) is 9.14. The van der Waals surface area contributed by atoms with Crippen molar-refractivity contribution in [3.8, 4) is 17.2 Å². The van der Waals surface area contributed by atoms with Gasteiger partial charge in [-0.3, -0.25) is 4.79 Å². The second-order valence-corrected chi connectivity index (χ2v) is 13.7. The van der Waals surface area contributed by atoms with E-state index in [2.05, 4.69) is 13.8 Å². The maximum absolute atomic E-state index is 12.8. The predicted molar refractivity (Wildman–Crippen MR) is 212 cm³/mol. The number of carbonyl (C=O) groups is 4. The van der Waals surface area contributed by atoms with Crippen LogP contribution in [0.15, 0.2) is 72.8 Å². The first kappa shape index (κ1) is 44.9. The number of aldehydes is 1. The highest BCUT2D eigenvalue weighted by Gasteiger charge is 2.14. The molecule has 0 heterocycles. The first-order chi connectivity index (χ1) is 26.8. The molecule has 3 aromatic carbocycles. The molecule has 2 atom stereocenters. The molecule has 0 spiro atoms. The predicted octanol–water partition coefficient (Wildman–Crippen LogP) is 9.77. The van der Waals surface area contributed by atoms with Crippen LogP contribution < -0.4 is 14.2 Å². The van der Waals surface area contributed by atoms with Crippen LogP contribution in [-0.4, -0.2) is 54.9 Å². The molecule has 0 saturated carbocycles. The maximum Gasteiger partial charge on any atom is 0.343 e. The smallest absolute Gasteiger partial charge is 0.343 e. The number of aliphatic hydroxyl groups is 1. The van der Waals surface area contributed by atoms with Gasteiger partial charge >= 0.3 is 17.9 Å². The molecule has 10 heteroatoms. The SMILES string of the molecule is CCCCCc1ccc(C(=O)Oc2ccc(OC(=O)c3ccc(OC(CC)CCCCCOC(=O)CCCCCOC(O)CCCCC=O)cc3)cc2)cc1. The Hall–Kier alpha value is -4.54. The average Bonchev–Trinajstić information content (AvgIpc) is 3.20. The molecule has 0 saturated heterocycles. The standard InChI is InChI=1S/C45H60O10/c1-3-5-9-16-35-20-22-36(23-21-35)44(49)54-40-28-30-41(31-29-40)55-45(50)37-24-26-39(27-25-37)53-38(4-2)17-10-7-14-33-51-43(48)19-12-8-15-34-52-42(47)18-11-6-13-32-46/h20-32,38,42,47H,3-19,33-34H2,1-2H3. The van der Waals surface area contributed by atoms with Crippen LogP contribution in [0.1, 0.15) is 143 Å². The van der Waals surface area contributed by atoms with Gasteiger partial charge in [0.15, 0.2) is 6.29 Å². The van der Waals surface area contributed by atoms with Gasteiger partial charge in [-0.1, -0.05) is 45.2 Å². The molecule has 0 fully saturated rings. The zero-order chi connectivity index (χ0) is 39.5. The Labute approximate surface area is 326 Å². The van der Waals surface area contributed by atoms with Crippen molar-refractivity contribution in [1.82, 2.24) is 0 Å². The summed E-state index contributed by atoms with van der Waals surface area (Å²) in [6.45, 7) is 5.09. The summed E-state index contributed by atoms with van der Waals surface area (Å²) in [4.78, 5) is 47.7. The monoisotopic (exact) mass is 760 g/mol. The van der Waals surface area contributed by atoms with Crippen LogP contribution in [0, 0.1) is 0 Å². The van der Waals surface area contributed by atoms with Crippen LogP contribution in [0.4, 0.5) is 0 Å². The van der Waals surface area contributed by atoms with Crippen molar-refractivity contribution in [2.45, 2.75) is 135 Å². The fourth-order valence-corrected chi connectivity index (χ4v) is 5.81. The number of hydrogen-bond donors (Lipinski definition) is 1. The van der Waals surface area contributed by atoms with E-state index < -0.39 is 18.2 Å². The molecular weight excluding hydrogens is 700 g/mol. The first-order valence-electron chi connectivity index (χ1n) is 20.1. The summed E-state index contributed by atoms with van der Waals surface area (Å²) in [6, 6.07) is 20.7. The lowest BCUT2D eigenvalue weighted by molar-refractivity contribution is -0.144. The van der Waals surface area contributed by atoms with E-state index in [9.17, 15) is 24.3 Å². The Morgan fingerprint density at radius 2 is 1.22 bits per heavy atom. The minimum absolute atomic E-state index is 0.0236. The summed E-state index contributed by atoms with van der Waals surface area (Å²) in [5.74, 6) is 0.206. The number of ether oxygens (including phenoxy) is 5. The van der Waals surface area contributed by atoms with Crippen molar-refractivity contribution in [3.63, 3.8) is 0 Å². The lowest BCUT2D eigenvalue weighted by atomic mass is 10.1. The van der Waals surface area contributed by atoms with Gasteiger partial charge in [0.1, 0.15) is 23.5 Å². The van der Waals surface area contributed by atoms with Crippen LogP contribution in [0.3, 0.4) is 0 Å². The number of benzene rings is 3. The highest BCUT2D eigenvalue weighted by atomic mass is 16.6. The third-order valence-corrected chi connectivity index (χ3v) is 9.14. The summed E-state index contributed by atoms with van der Waals surface area (Å²) >= 11 is 0. The summed E-state index contributed by atoms with van der Waals surface area (Å²) in [5, 5.41) is 9.77. The molecule has 0 radical (unpaired) electrons. The molecule has 0 aromatic heterocycles. The molecule has 2 unspecified atom stereocenters.